The van der Waals surface area contributed by atoms with E-state index in [-0.39, 0.29) is 17.1 Å². The van der Waals surface area contributed by atoms with Crippen molar-refractivity contribution >= 4 is 21.5 Å². The predicted octanol–water partition coefficient (Wildman–Crippen LogP) is 3.61. The number of terminal acetylenes is 1. The fraction of sp³-hybridized carbons (Fsp3) is 0.130. The highest BCUT2D eigenvalue weighted by Crippen LogP contribution is 2.18. The molecule has 1 aromatic heterocycles. The summed E-state index contributed by atoms with van der Waals surface area (Å²) in [7, 11) is -3.72. The number of nitrogens with zero attached hydrogens (tertiary/aromatic N) is 1. The van der Waals surface area contributed by atoms with Crippen molar-refractivity contribution in [2.75, 3.05) is 4.72 Å². The van der Waals surface area contributed by atoms with Gasteiger partial charge in [-0.1, -0.05) is 24.1 Å². The predicted molar refractivity (Wildman–Crippen MR) is 113 cm³/mol. The van der Waals surface area contributed by atoms with Gasteiger partial charge in [-0.05, 0) is 60.0 Å². The largest absolute Gasteiger partial charge is 0.299 e. The van der Waals surface area contributed by atoms with Gasteiger partial charge in [0.1, 0.15) is 5.78 Å². The highest BCUT2D eigenvalue weighted by Gasteiger charge is 2.14. The number of carbonyl (C=O) groups excluding carboxylic acids is 1. The van der Waals surface area contributed by atoms with Gasteiger partial charge in [0.05, 0.1) is 4.90 Å². The average molecular weight is 404 g/mol. The Hall–Kier alpha value is -3.43. The van der Waals surface area contributed by atoms with Crippen molar-refractivity contribution in [3.63, 3.8) is 0 Å². The lowest BCUT2D eigenvalue weighted by molar-refractivity contribution is -0.118. The minimum Gasteiger partial charge on any atom is -0.299 e. The van der Waals surface area contributed by atoms with Crippen LogP contribution in [0.5, 0.6) is 0 Å². The molecule has 1 N–H and O–H groups in total. The average Bonchev–Trinajstić information content (AvgIpc) is 2.74. The molecule has 29 heavy (non-hydrogen) atoms. The van der Waals surface area contributed by atoms with Gasteiger partial charge in [0, 0.05) is 36.5 Å². The van der Waals surface area contributed by atoms with Crippen molar-refractivity contribution in [2.24, 2.45) is 0 Å². The number of rotatable bonds is 8. The molecule has 3 aromatic rings. The van der Waals surface area contributed by atoms with Crippen molar-refractivity contribution < 1.29 is 13.2 Å². The molecule has 0 amide bonds. The van der Waals surface area contributed by atoms with E-state index in [1.54, 1.807) is 48.8 Å². The zero-order valence-electron chi connectivity index (χ0n) is 15.7. The van der Waals surface area contributed by atoms with Crippen LogP contribution < -0.4 is 4.72 Å². The first-order valence-electron chi connectivity index (χ1n) is 9.05. The summed E-state index contributed by atoms with van der Waals surface area (Å²) in [5, 5.41) is 0. The number of sulfonamides is 1. The summed E-state index contributed by atoms with van der Waals surface area (Å²) >= 11 is 0. The van der Waals surface area contributed by atoms with Gasteiger partial charge < -0.3 is 0 Å². The monoisotopic (exact) mass is 404 g/mol. The topological polar surface area (TPSA) is 76.1 Å². The summed E-state index contributed by atoms with van der Waals surface area (Å²) in [4.78, 5) is 16.4. The summed E-state index contributed by atoms with van der Waals surface area (Å²) in [6.07, 6.45) is 10.1. The van der Waals surface area contributed by atoms with Gasteiger partial charge in [-0.25, -0.2) is 8.42 Å². The van der Waals surface area contributed by atoms with Crippen LogP contribution in [0.4, 0.5) is 5.69 Å². The number of benzene rings is 2. The molecule has 0 aliphatic carbocycles. The maximum absolute atomic E-state index is 12.5. The number of hydrogen-bond acceptors (Lipinski definition) is 4. The van der Waals surface area contributed by atoms with E-state index in [4.69, 9.17) is 6.42 Å². The Morgan fingerprint density at radius 2 is 1.72 bits per heavy atom. The van der Waals surface area contributed by atoms with Gasteiger partial charge in [-0.2, -0.15) is 0 Å². The fourth-order valence-corrected chi connectivity index (χ4v) is 3.84. The van der Waals surface area contributed by atoms with E-state index in [0.717, 1.165) is 11.1 Å². The smallest absolute Gasteiger partial charge is 0.261 e. The Morgan fingerprint density at radius 3 is 2.34 bits per heavy atom. The Bertz CT molecular complexity index is 1120. The second kappa shape index (κ2) is 9.18. The lowest BCUT2D eigenvalue weighted by atomic mass is 10.0. The molecule has 0 unspecified atom stereocenters. The molecule has 0 spiro atoms. The van der Waals surface area contributed by atoms with Crippen LogP contribution in [0.25, 0.3) is 0 Å². The SMILES string of the molecule is C#Cc1ccc(NS(=O)(=O)c2ccc(CC(=O)CCc3cccnc3)cc2)cc1. The molecule has 1 heterocycles. The number of ketones is 1. The van der Waals surface area contributed by atoms with Crippen molar-refractivity contribution in [2.45, 2.75) is 24.2 Å². The van der Waals surface area contributed by atoms with E-state index in [9.17, 15) is 13.2 Å². The summed E-state index contributed by atoms with van der Waals surface area (Å²) in [6.45, 7) is 0. The normalized spacial score (nSPS) is 10.9. The van der Waals surface area contributed by atoms with Gasteiger partial charge in [-0.3, -0.25) is 14.5 Å². The van der Waals surface area contributed by atoms with E-state index in [1.807, 2.05) is 12.1 Å². The number of Topliss-reactive ketones (excluding diaryl/α,β-unsaturated/α-hetero) is 1. The molecule has 6 heteroatoms. The van der Waals surface area contributed by atoms with Crippen LogP contribution in [0.2, 0.25) is 0 Å². The number of pyridine rings is 1. The quantitative estimate of drug-likeness (QED) is 0.582. The van der Waals surface area contributed by atoms with E-state index in [2.05, 4.69) is 15.6 Å². The number of hydrogen-bond donors (Lipinski definition) is 1. The Morgan fingerprint density at radius 1 is 1.00 bits per heavy atom. The molecule has 0 radical (unpaired) electrons. The molecule has 0 bridgehead atoms. The summed E-state index contributed by atoms with van der Waals surface area (Å²) in [5.74, 6) is 2.57. The van der Waals surface area contributed by atoms with Crippen LogP contribution in [0, 0.1) is 12.3 Å². The zero-order valence-corrected chi connectivity index (χ0v) is 16.5. The minimum absolute atomic E-state index is 0.0937. The molecule has 0 fully saturated rings. The van der Waals surface area contributed by atoms with Crippen molar-refractivity contribution in [3.05, 3.63) is 89.7 Å². The molecule has 0 atom stereocenters. The molecule has 0 saturated heterocycles. The number of carbonyl (C=O) groups is 1. The third-order valence-electron chi connectivity index (χ3n) is 4.35. The standard InChI is InChI=1S/C23H20N2O3S/c1-2-18-5-10-21(11-6-18)25-29(27,28)23-13-8-19(9-14-23)16-22(26)12-7-20-4-3-15-24-17-20/h1,3-6,8-11,13-15,17,25H,7,12,16H2. The van der Waals surface area contributed by atoms with Gasteiger partial charge in [0.15, 0.2) is 0 Å². The first kappa shape index (κ1) is 20.3. The number of aromatic nitrogens is 1. The second-order valence-electron chi connectivity index (χ2n) is 6.55. The highest BCUT2D eigenvalue weighted by molar-refractivity contribution is 7.92. The molecule has 3 rings (SSSR count). The third kappa shape index (κ3) is 5.77. The van der Waals surface area contributed by atoms with E-state index in [0.29, 0.717) is 24.1 Å². The first-order chi connectivity index (χ1) is 14.0. The van der Waals surface area contributed by atoms with E-state index >= 15 is 0 Å². The van der Waals surface area contributed by atoms with Crippen molar-refractivity contribution in [1.29, 1.82) is 0 Å². The Balaban J connectivity index is 1.59. The highest BCUT2D eigenvalue weighted by atomic mass is 32.2. The summed E-state index contributed by atoms with van der Waals surface area (Å²) < 4.78 is 27.6. The minimum atomic E-state index is -3.72. The van der Waals surface area contributed by atoms with Gasteiger partial charge in [-0.15, -0.1) is 6.42 Å². The van der Waals surface area contributed by atoms with Crippen LogP contribution in [-0.4, -0.2) is 19.2 Å². The molecule has 0 saturated carbocycles. The molecule has 5 nitrogen and oxygen atoms in total. The lowest BCUT2D eigenvalue weighted by Crippen LogP contribution is -2.13. The van der Waals surface area contributed by atoms with Gasteiger partial charge in [0.2, 0.25) is 0 Å². The van der Waals surface area contributed by atoms with Crippen LogP contribution >= 0.6 is 0 Å². The van der Waals surface area contributed by atoms with E-state index < -0.39 is 10.0 Å². The zero-order chi connectivity index (χ0) is 20.7. The number of nitrogens with one attached hydrogen (secondary N) is 1. The van der Waals surface area contributed by atoms with Gasteiger partial charge in [0.25, 0.3) is 10.0 Å². The molecule has 2 aromatic carbocycles. The molecule has 0 aliphatic rings. The van der Waals surface area contributed by atoms with Crippen LogP contribution in [0.3, 0.4) is 0 Å². The lowest BCUT2D eigenvalue weighted by Gasteiger charge is -2.09. The van der Waals surface area contributed by atoms with Gasteiger partial charge >= 0.3 is 0 Å². The van der Waals surface area contributed by atoms with Crippen LogP contribution in [-0.2, 0) is 27.7 Å². The second-order valence-corrected chi connectivity index (χ2v) is 8.23. The van der Waals surface area contributed by atoms with Crippen LogP contribution in [0.1, 0.15) is 23.1 Å². The third-order valence-corrected chi connectivity index (χ3v) is 5.75. The Labute approximate surface area is 170 Å². The summed E-state index contributed by atoms with van der Waals surface area (Å²) in [5.41, 5.74) is 2.89. The van der Waals surface area contributed by atoms with Crippen molar-refractivity contribution in [3.8, 4) is 12.3 Å². The fourth-order valence-electron chi connectivity index (χ4n) is 2.78. The molecule has 146 valence electrons. The number of aryl methyl sites for hydroxylation is 1. The maximum atomic E-state index is 12.5. The molecule has 0 aliphatic heterocycles. The maximum Gasteiger partial charge on any atom is 0.261 e. The van der Waals surface area contributed by atoms with Crippen LogP contribution in [0.15, 0.2) is 78.0 Å². The van der Waals surface area contributed by atoms with Crippen molar-refractivity contribution in [1.82, 2.24) is 4.98 Å². The Kier molecular flexibility index (Phi) is 6.43. The van der Waals surface area contributed by atoms with E-state index in [1.165, 1.54) is 12.1 Å². The first-order valence-corrected chi connectivity index (χ1v) is 10.5. The number of anilines is 1. The molecular weight excluding hydrogens is 384 g/mol. The summed E-state index contributed by atoms with van der Waals surface area (Å²) in [6, 6.07) is 16.7. The molecular formula is C23H20N2O3S.